The van der Waals surface area contributed by atoms with Crippen molar-refractivity contribution in [3.63, 3.8) is 0 Å². The number of nitrogens with two attached hydrogens (primary N) is 1. The second kappa shape index (κ2) is 5.73. The number of hydrogen-bond acceptors (Lipinski definition) is 4. The molecule has 1 heterocycles. The summed E-state index contributed by atoms with van der Waals surface area (Å²) in [6, 6.07) is 2.41. The maximum Gasteiger partial charge on any atom is 0.200 e. The molecule has 0 saturated carbocycles. The number of rotatable bonds is 4. The van der Waals surface area contributed by atoms with Crippen molar-refractivity contribution in [3.8, 4) is 5.75 Å². The molecule has 0 aliphatic rings. The predicted octanol–water partition coefficient (Wildman–Crippen LogP) is 3.22. The molecule has 1 aromatic carbocycles. The van der Waals surface area contributed by atoms with Crippen molar-refractivity contribution in [1.82, 2.24) is 4.98 Å². The first-order valence-corrected chi connectivity index (χ1v) is 6.68. The second-order valence-corrected chi connectivity index (χ2v) is 5.28. The van der Waals surface area contributed by atoms with Crippen molar-refractivity contribution in [2.45, 2.75) is 13.2 Å². The van der Waals surface area contributed by atoms with Crippen molar-refractivity contribution in [3.05, 3.63) is 44.3 Å². The summed E-state index contributed by atoms with van der Waals surface area (Å²) in [5, 5.41) is 2.54. The number of nitrogens with zero attached hydrogens (tertiary/aromatic N) is 1. The lowest BCUT2D eigenvalue weighted by Crippen LogP contribution is -2.01. The third-order valence-electron chi connectivity index (χ3n) is 2.11. The lowest BCUT2D eigenvalue weighted by Gasteiger charge is -2.06. The van der Waals surface area contributed by atoms with Crippen molar-refractivity contribution in [2.24, 2.45) is 5.73 Å². The molecule has 2 rings (SSSR count). The fourth-order valence-corrected chi connectivity index (χ4v) is 2.37. The molecule has 96 valence electrons. The maximum atomic E-state index is 13.4. The third kappa shape index (κ3) is 3.04. The van der Waals surface area contributed by atoms with Gasteiger partial charge in [-0.15, -0.1) is 11.3 Å². The first-order valence-electron chi connectivity index (χ1n) is 5.01. The smallest absolute Gasteiger partial charge is 0.200 e. The monoisotopic (exact) mass is 334 g/mol. The van der Waals surface area contributed by atoms with Crippen LogP contribution in [0.25, 0.3) is 0 Å². The van der Waals surface area contributed by atoms with Gasteiger partial charge in [-0.05, 0) is 12.1 Å². The van der Waals surface area contributed by atoms with Crippen molar-refractivity contribution < 1.29 is 13.5 Å². The van der Waals surface area contributed by atoms with E-state index < -0.39 is 11.6 Å². The lowest BCUT2D eigenvalue weighted by molar-refractivity contribution is 0.280. The van der Waals surface area contributed by atoms with Gasteiger partial charge >= 0.3 is 0 Å². The van der Waals surface area contributed by atoms with Crippen LogP contribution in [-0.4, -0.2) is 4.98 Å². The van der Waals surface area contributed by atoms with Gasteiger partial charge in [0, 0.05) is 16.4 Å². The molecule has 2 N–H and O–H groups in total. The van der Waals surface area contributed by atoms with E-state index in [1.807, 2.05) is 0 Å². The van der Waals surface area contributed by atoms with Gasteiger partial charge in [-0.3, -0.25) is 0 Å². The largest absolute Gasteiger partial charge is 0.484 e. The average molecular weight is 335 g/mol. The Hall–Kier alpha value is -1.05. The standard InChI is InChI=1S/C11H9BrF2N2OS/c12-6-1-8(13)11(14)9(2-6)17-4-7-5-18-10(3-15)16-7/h1-2,5H,3-4,15H2. The van der Waals surface area contributed by atoms with Crippen molar-refractivity contribution in [2.75, 3.05) is 0 Å². The molecule has 0 radical (unpaired) electrons. The van der Waals surface area contributed by atoms with E-state index in [-0.39, 0.29) is 12.4 Å². The summed E-state index contributed by atoms with van der Waals surface area (Å²) in [4.78, 5) is 4.16. The summed E-state index contributed by atoms with van der Waals surface area (Å²) < 4.78 is 32.1. The van der Waals surface area contributed by atoms with Crippen molar-refractivity contribution >= 4 is 27.3 Å². The first-order chi connectivity index (χ1) is 8.60. The molecule has 0 aliphatic carbocycles. The Labute approximate surface area is 115 Å². The number of hydrogen-bond donors (Lipinski definition) is 1. The Kier molecular flexibility index (Phi) is 4.26. The predicted molar refractivity (Wildman–Crippen MR) is 68.4 cm³/mol. The van der Waals surface area contributed by atoms with Gasteiger partial charge in [0.15, 0.2) is 11.6 Å². The molecule has 0 fully saturated rings. The number of ether oxygens (including phenoxy) is 1. The van der Waals surface area contributed by atoms with Crippen LogP contribution in [0.3, 0.4) is 0 Å². The van der Waals surface area contributed by atoms with Crippen LogP contribution >= 0.6 is 27.3 Å². The molecule has 0 amide bonds. The van der Waals surface area contributed by atoms with Gasteiger partial charge in [0.25, 0.3) is 0 Å². The molecule has 0 atom stereocenters. The summed E-state index contributed by atoms with van der Waals surface area (Å²) in [5.41, 5.74) is 6.06. The van der Waals surface area contributed by atoms with Gasteiger partial charge in [-0.25, -0.2) is 9.37 Å². The van der Waals surface area contributed by atoms with Crippen molar-refractivity contribution in [1.29, 1.82) is 0 Å². The zero-order chi connectivity index (χ0) is 13.1. The van der Waals surface area contributed by atoms with E-state index in [0.29, 0.717) is 16.7 Å². The zero-order valence-electron chi connectivity index (χ0n) is 9.12. The third-order valence-corrected chi connectivity index (χ3v) is 3.49. The van der Waals surface area contributed by atoms with Gasteiger partial charge in [-0.2, -0.15) is 4.39 Å². The highest BCUT2D eigenvalue weighted by molar-refractivity contribution is 9.10. The van der Waals surface area contributed by atoms with E-state index >= 15 is 0 Å². The van der Waals surface area contributed by atoms with Gasteiger partial charge in [0.1, 0.15) is 11.6 Å². The van der Waals surface area contributed by atoms with Crippen LogP contribution in [0.15, 0.2) is 22.0 Å². The van der Waals surface area contributed by atoms with E-state index in [1.165, 1.54) is 17.4 Å². The SMILES string of the molecule is NCc1nc(COc2cc(Br)cc(F)c2F)cs1. The summed E-state index contributed by atoms with van der Waals surface area (Å²) in [6.07, 6.45) is 0. The second-order valence-electron chi connectivity index (χ2n) is 3.43. The van der Waals surface area contributed by atoms with E-state index in [4.69, 9.17) is 10.5 Å². The number of aromatic nitrogens is 1. The van der Waals surface area contributed by atoms with E-state index in [1.54, 1.807) is 5.38 Å². The van der Waals surface area contributed by atoms with Crippen LogP contribution in [0, 0.1) is 11.6 Å². The van der Waals surface area contributed by atoms with Crippen LogP contribution in [0.5, 0.6) is 5.75 Å². The molecule has 2 aromatic rings. The minimum atomic E-state index is -1.01. The van der Waals surface area contributed by atoms with Gasteiger partial charge in [-0.1, -0.05) is 15.9 Å². The number of halogens is 3. The molecule has 0 unspecified atom stereocenters. The molecular formula is C11H9BrF2N2OS. The fraction of sp³-hybridized carbons (Fsp3) is 0.182. The highest BCUT2D eigenvalue weighted by Crippen LogP contribution is 2.26. The Bertz CT molecular complexity index is 562. The molecular weight excluding hydrogens is 326 g/mol. The van der Waals surface area contributed by atoms with Gasteiger partial charge in [0.2, 0.25) is 5.82 Å². The Balaban J connectivity index is 2.10. The maximum absolute atomic E-state index is 13.4. The molecule has 0 aliphatic heterocycles. The molecule has 0 saturated heterocycles. The number of thiazole rings is 1. The number of benzene rings is 1. The Morgan fingerprint density at radius 1 is 1.39 bits per heavy atom. The molecule has 18 heavy (non-hydrogen) atoms. The molecule has 3 nitrogen and oxygen atoms in total. The summed E-state index contributed by atoms with van der Waals surface area (Å²) in [5.74, 6) is -2.11. The van der Waals surface area contributed by atoms with Crippen LogP contribution in [0.2, 0.25) is 0 Å². The molecule has 0 spiro atoms. The normalized spacial score (nSPS) is 10.7. The topological polar surface area (TPSA) is 48.1 Å². The minimum absolute atomic E-state index is 0.0727. The van der Waals surface area contributed by atoms with Crippen LogP contribution in [-0.2, 0) is 13.2 Å². The summed E-state index contributed by atoms with van der Waals surface area (Å²) in [6.45, 7) is 0.424. The van der Waals surface area contributed by atoms with Crippen LogP contribution < -0.4 is 10.5 Å². The van der Waals surface area contributed by atoms with E-state index in [0.717, 1.165) is 11.1 Å². The van der Waals surface area contributed by atoms with E-state index in [2.05, 4.69) is 20.9 Å². The summed E-state index contributed by atoms with van der Waals surface area (Å²) >= 11 is 4.47. The zero-order valence-corrected chi connectivity index (χ0v) is 11.5. The quantitative estimate of drug-likeness (QED) is 0.873. The van der Waals surface area contributed by atoms with E-state index in [9.17, 15) is 8.78 Å². The Morgan fingerprint density at radius 3 is 2.83 bits per heavy atom. The summed E-state index contributed by atoms with van der Waals surface area (Å²) in [7, 11) is 0. The molecule has 1 aromatic heterocycles. The molecule has 7 heteroatoms. The Morgan fingerprint density at radius 2 is 2.17 bits per heavy atom. The lowest BCUT2D eigenvalue weighted by atomic mass is 10.3. The first kappa shape index (κ1) is 13.4. The minimum Gasteiger partial charge on any atom is -0.484 e. The average Bonchev–Trinajstić information content (AvgIpc) is 2.80. The van der Waals surface area contributed by atoms with Gasteiger partial charge in [0.05, 0.1) is 5.69 Å². The highest BCUT2D eigenvalue weighted by Gasteiger charge is 2.12. The van der Waals surface area contributed by atoms with Crippen LogP contribution in [0.1, 0.15) is 10.7 Å². The highest BCUT2D eigenvalue weighted by atomic mass is 79.9. The molecule has 0 bridgehead atoms. The van der Waals surface area contributed by atoms with Crippen LogP contribution in [0.4, 0.5) is 8.78 Å². The fourth-order valence-electron chi connectivity index (χ4n) is 1.30. The van der Waals surface area contributed by atoms with Gasteiger partial charge < -0.3 is 10.5 Å².